The fourth-order valence-corrected chi connectivity index (χ4v) is 4.39. The van der Waals surface area contributed by atoms with E-state index in [0.29, 0.717) is 17.6 Å². The van der Waals surface area contributed by atoms with Gasteiger partial charge in [0.25, 0.3) is 5.56 Å². The van der Waals surface area contributed by atoms with Crippen LogP contribution in [0.3, 0.4) is 0 Å². The van der Waals surface area contributed by atoms with Crippen LogP contribution in [0.25, 0.3) is 21.8 Å². The van der Waals surface area contributed by atoms with E-state index in [9.17, 15) is 9.59 Å². The van der Waals surface area contributed by atoms with Crippen LogP contribution in [0.2, 0.25) is 0 Å². The topological polar surface area (TPSA) is 56.9 Å². The molecule has 0 saturated carbocycles. The molecule has 0 spiro atoms. The van der Waals surface area contributed by atoms with Gasteiger partial charge in [0.05, 0.1) is 18.6 Å². The second kappa shape index (κ2) is 7.14. The highest BCUT2D eigenvalue weighted by Crippen LogP contribution is 2.20. The molecule has 0 unspecified atom stereocenters. The van der Waals surface area contributed by atoms with Crippen LogP contribution in [0.15, 0.2) is 87.9 Å². The fraction of sp³-hybridized carbons (Fsp3) is 0.0870. The van der Waals surface area contributed by atoms with Gasteiger partial charge in [0.1, 0.15) is 0 Å². The Morgan fingerprint density at radius 3 is 2.55 bits per heavy atom. The van der Waals surface area contributed by atoms with E-state index in [-0.39, 0.29) is 17.8 Å². The monoisotopic (exact) mass is 399 g/mol. The summed E-state index contributed by atoms with van der Waals surface area (Å²) in [5.74, 6) is 0. The minimum absolute atomic E-state index is 0.247. The van der Waals surface area contributed by atoms with Gasteiger partial charge in [-0.05, 0) is 39.9 Å². The summed E-state index contributed by atoms with van der Waals surface area (Å²) >= 11 is 1.52. The summed E-state index contributed by atoms with van der Waals surface area (Å²) in [7, 11) is 0. The van der Waals surface area contributed by atoms with Gasteiger partial charge >= 0.3 is 5.69 Å². The van der Waals surface area contributed by atoms with Crippen LogP contribution in [0.4, 0.5) is 0 Å². The summed E-state index contributed by atoms with van der Waals surface area (Å²) in [6.45, 7) is 0.616. The van der Waals surface area contributed by atoms with Crippen LogP contribution in [0.5, 0.6) is 0 Å². The zero-order chi connectivity index (χ0) is 19.8. The lowest BCUT2D eigenvalue weighted by molar-refractivity contribution is 0.638. The molecule has 0 amide bonds. The minimum atomic E-state index is -0.354. The Hall–Kier alpha value is -3.51. The van der Waals surface area contributed by atoms with Crippen LogP contribution in [0.1, 0.15) is 10.4 Å². The third-order valence-electron chi connectivity index (χ3n) is 5.09. The first kappa shape index (κ1) is 17.6. The van der Waals surface area contributed by atoms with Crippen molar-refractivity contribution in [1.29, 1.82) is 0 Å². The highest BCUT2D eigenvalue weighted by molar-refractivity contribution is 7.09. The molecule has 5 rings (SSSR count). The predicted octanol–water partition coefficient (Wildman–Crippen LogP) is 3.87. The summed E-state index contributed by atoms with van der Waals surface area (Å²) in [6.07, 6.45) is 1.59. The highest BCUT2D eigenvalue weighted by Gasteiger charge is 2.15. The van der Waals surface area contributed by atoms with Gasteiger partial charge in [-0.15, -0.1) is 11.3 Å². The number of rotatable bonds is 4. The zero-order valence-corrected chi connectivity index (χ0v) is 16.3. The molecule has 6 heteroatoms. The van der Waals surface area contributed by atoms with E-state index in [4.69, 9.17) is 0 Å². The van der Waals surface area contributed by atoms with Gasteiger partial charge in [-0.2, -0.15) is 0 Å². The van der Waals surface area contributed by atoms with E-state index < -0.39 is 0 Å². The van der Waals surface area contributed by atoms with Crippen LogP contribution >= 0.6 is 11.3 Å². The number of hydrogen-bond donors (Lipinski definition) is 0. The number of aromatic nitrogens is 3. The smallest absolute Gasteiger partial charge is 0.287 e. The number of benzene rings is 2. The summed E-state index contributed by atoms with van der Waals surface area (Å²) in [5.41, 5.74) is 1.21. The van der Waals surface area contributed by atoms with E-state index in [0.717, 1.165) is 21.2 Å². The summed E-state index contributed by atoms with van der Waals surface area (Å²) in [6, 6.07) is 21.5. The first-order valence-electron chi connectivity index (χ1n) is 9.30. The second-order valence-corrected chi connectivity index (χ2v) is 7.88. The number of hydrogen-bond acceptors (Lipinski definition) is 4. The Bertz CT molecular complexity index is 1440. The van der Waals surface area contributed by atoms with E-state index in [1.165, 1.54) is 15.9 Å². The number of nitrogens with zero attached hydrogens (tertiary/aromatic N) is 3. The van der Waals surface area contributed by atoms with Crippen molar-refractivity contribution in [3.05, 3.63) is 110 Å². The van der Waals surface area contributed by atoms with Crippen molar-refractivity contribution in [2.75, 3.05) is 0 Å². The second-order valence-electron chi connectivity index (χ2n) is 6.85. The molecule has 0 radical (unpaired) electrons. The molecule has 0 aliphatic rings. The molecule has 142 valence electrons. The van der Waals surface area contributed by atoms with Crippen molar-refractivity contribution in [2.24, 2.45) is 0 Å². The van der Waals surface area contributed by atoms with Gasteiger partial charge in [-0.1, -0.05) is 48.5 Å². The van der Waals surface area contributed by atoms with E-state index in [1.807, 2.05) is 41.8 Å². The molecule has 3 aromatic heterocycles. The molecule has 0 aliphatic carbocycles. The Kier molecular flexibility index (Phi) is 4.33. The van der Waals surface area contributed by atoms with Crippen molar-refractivity contribution in [2.45, 2.75) is 13.1 Å². The Morgan fingerprint density at radius 1 is 0.828 bits per heavy atom. The molecule has 5 nitrogen and oxygen atoms in total. The van der Waals surface area contributed by atoms with Crippen molar-refractivity contribution in [3.8, 4) is 0 Å². The molecule has 0 atom stereocenters. The average molecular weight is 399 g/mol. The third-order valence-corrected chi connectivity index (χ3v) is 5.95. The Morgan fingerprint density at radius 2 is 1.69 bits per heavy atom. The summed E-state index contributed by atoms with van der Waals surface area (Å²) in [4.78, 5) is 31.6. The van der Waals surface area contributed by atoms with Crippen LogP contribution in [0, 0.1) is 0 Å². The normalized spacial score (nSPS) is 11.3. The number of thiophene rings is 1. The lowest BCUT2D eigenvalue weighted by Crippen LogP contribution is -2.40. The Labute approximate surface area is 170 Å². The van der Waals surface area contributed by atoms with Crippen LogP contribution < -0.4 is 11.2 Å². The van der Waals surface area contributed by atoms with Gasteiger partial charge in [0, 0.05) is 11.1 Å². The van der Waals surface area contributed by atoms with Crippen molar-refractivity contribution in [1.82, 2.24) is 14.1 Å². The maximum absolute atomic E-state index is 13.4. The summed E-state index contributed by atoms with van der Waals surface area (Å²) in [5, 5.41) is 4.15. The molecular weight excluding hydrogens is 382 g/mol. The molecule has 0 N–H and O–H groups in total. The van der Waals surface area contributed by atoms with Gasteiger partial charge in [0.2, 0.25) is 0 Å². The van der Waals surface area contributed by atoms with E-state index in [2.05, 4.69) is 23.2 Å². The van der Waals surface area contributed by atoms with Gasteiger partial charge in [-0.3, -0.25) is 13.9 Å². The lowest BCUT2D eigenvalue weighted by atomic mass is 10.0. The number of pyridine rings is 1. The standard InChI is InChI=1S/C23H17N3O2S/c27-22-21-20(11-4-12-24-21)25(23(28)26(22)15-18-9-5-13-29-18)14-17-8-3-7-16-6-1-2-10-19(16)17/h1-13H,14-15H2. The highest BCUT2D eigenvalue weighted by atomic mass is 32.1. The predicted molar refractivity (Wildman–Crippen MR) is 117 cm³/mol. The van der Waals surface area contributed by atoms with Gasteiger partial charge in [-0.25, -0.2) is 9.78 Å². The Balaban J connectivity index is 1.74. The molecule has 0 bridgehead atoms. The first-order chi connectivity index (χ1) is 14.2. The van der Waals surface area contributed by atoms with E-state index in [1.54, 1.807) is 22.9 Å². The molecule has 2 aromatic carbocycles. The molecule has 0 saturated heterocycles. The molecule has 0 fully saturated rings. The van der Waals surface area contributed by atoms with Crippen molar-refractivity contribution in [3.63, 3.8) is 0 Å². The maximum Gasteiger partial charge on any atom is 0.332 e. The minimum Gasteiger partial charge on any atom is -0.287 e. The zero-order valence-electron chi connectivity index (χ0n) is 15.5. The molecule has 29 heavy (non-hydrogen) atoms. The number of fused-ring (bicyclic) bond motifs is 2. The molecule has 5 aromatic rings. The SMILES string of the molecule is O=c1c2ncccc2n(Cc2cccc3ccccc23)c(=O)n1Cc1cccs1. The quantitative estimate of drug-likeness (QED) is 0.461. The van der Waals surface area contributed by atoms with Crippen LogP contribution in [-0.2, 0) is 13.1 Å². The lowest BCUT2D eigenvalue weighted by Gasteiger charge is -2.14. The molecular formula is C23H17N3O2S. The first-order valence-corrected chi connectivity index (χ1v) is 10.2. The third kappa shape index (κ3) is 3.07. The van der Waals surface area contributed by atoms with Gasteiger partial charge < -0.3 is 0 Å². The maximum atomic E-state index is 13.4. The van der Waals surface area contributed by atoms with Crippen molar-refractivity contribution >= 4 is 33.1 Å². The van der Waals surface area contributed by atoms with Gasteiger partial charge in [0.15, 0.2) is 5.52 Å². The van der Waals surface area contributed by atoms with E-state index >= 15 is 0 Å². The molecule has 0 aliphatic heterocycles. The summed E-state index contributed by atoms with van der Waals surface area (Å²) < 4.78 is 2.94. The largest absolute Gasteiger partial charge is 0.332 e. The molecule has 3 heterocycles. The van der Waals surface area contributed by atoms with Crippen LogP contribution in [-0.4, -0.2) is 14.1 Å². The fourth-order valence-electron chi connectivity index (χ4n) is 3.69. The van der Waals surface area contributed by atoms with Crippen molar-refractivity contribution < 1.29 is 0 Å². The average Bonchev–Trinajstić information content (AvgIpc) is 3.27.